The minimum absolute atomic E-state index is 0. The number of methoxy groups -OCH3 is 4. The molecule has 1 aliphatic rings. The molecule has 0 saturated carbocycles. The molecule has 0 amide bonds. The Kier molecular flexibility index (Phi) is 193. The molecule has 2 unspecified atom stereocenters. The van der Waals surface area contributed by atoms with Crippen LogP contribution in [0.5, 0.6) is 0 Å². The van der Waals surface area contributed by atoms with E-state index in [1.807, 2.05) is 265 Å². The van der Waals surface area contributed by atoms with Crippen molar-refractivity contribution in [2.75, 3.05) is 132 Å². The van der Waals surface area contributed by atoms with E-state index < -0.39 is 0 Å². The fourth-order valence-electron chi connectivity index (χ4n) is 3.57. The standard InChI is InChI=1S/2C7H8.C6H15NO2.4C6H6.C5H10O2.C2H7N.4C2H6O.4C2H6.2CH5N.2B/c2*1-7-5-3-2-4-6-7;1-3-9-5-6(8)4-7-2;4*1-2-4-6-5-3-1;1-2-6-3-5-4-7-5;5*1-3-2;6*1-2;;/h2*2-6H,1H3;6-8H,3-5H2,1-2H3;4*1-6H;5H,2-4H2,1H3;3H,1-2H3;4*1-2H3;4*1-2H3;2*2H2,1H3;;. The third-order valence-corrected chi connectivity index (χ3v) is 6.41. The van der Waals surface area contributed by atoms with E-state index >= 15 is 0 Å². The molecule has 1 fully saturated rings. The Labute approximate surface area is 519 Å². The highest BCUT2D eigenvalue weighted by atomic mass is 16.6. The number of hydrogen-bond acceptors (Lipinski definition) is 12. The molecule has 1 heterocycles. The maximum absolute atomic E-state index is 8.99. The summed E-state index contributed by atoms with van der Waals surface area (Å²) in [5.74, 6) is 0. The number of likely N-dealkylation sites (N-methyl/N-ethyl adjacent to an activating group) is 1. The van der Waals surface area contributed by atoms with Crippen molar-refractivity contribution in [2.24, 2.45) is 11.5 Å². The summed E-state index contributed by atoms with van der Waals surface area (Å²) in [6.45, 7) is 28.3. The van der Waals surface area contributed by atoms with E-state index in [1.54, 1.807) is 63.9 Å². The van der Waals surface area contributed by atoms with Gasteiger partial charge in [-0.3, -0.25) is 0 Å². The number of epoxide rings is 1. The van der Waals surface area contributed by atoms with Crippen molar-refractivity contribution in [2.45, 2.75) is 95.3 Å². The molecule has 7 N–H and O–H groups in total. The van der Waals surface area contributed by atoms with Crippen molar-refractivity contribution in [1.82, 2.24) is 10.6 Å². The molecule has 2 atom stereocenters. The van der Waals surface area contributed by atoms with Crippen molar-refractivity contribution < 1.29 is 38.3 Å². The number of hydrogen-bond donors (Lipinski definition) is 5. The van der Waals surface area contributed by atoms with E-state index in [9.17, 15) is 0 Å². The van der Waals surface area contributed by atoms with E-state index in [4.69, 9.17) is 19.3 Å². The highest BCUT2D eigenvalue weighted by Gasteiger charge is 2.21. The van der Waals surface area contributed by atoms with Crippen LogP contribution in [-0.4, -0.2) is 166 Å². The maximum atomic E-state index is 8.99. The molecule has 6 radical (unpaired) electrons. The molecule has 480 valence electrons. The largest absolute Gasteiger partial charge is 0.389 e. The summed E-state index contributed by atoms with van der Waals surface area (Å²) in [5, 5.41) is 14.6. The van der Waals surface area contributed by atoms with Crippen molar-refractivity contribution in [1.29, 1.82) is 0 Å². The number of nitrogens with two attached hydrogens (primary N) is 2. The molecular weight excluding hydrogens is 1030 g/mol. The van der Waals surface area contributed by atoms with Gasteiger partial charge in [0.05, 0.1) is 25.9 Å². The Hall–Kier alpha value is -5.03. The van der Waals surface area contributed by atoms with Crippen molar-refractivity contribution in [3.63, 3.8) is 0 Å². The average molecular weight is 1170 g/mol. The lowest BCUT2D eigenvalue weighted by Crippen LogP contribution is -2.27. The lowest BCUT2D eigenvalue weighted by Gasteiger charge is -2.08. The van der Waals surface area contributed by atoms with Gasteiger partial charge in [0.2, 0.25) is 0 Å². The third-order valence-electron chi connectivity index (χ3n) is 6.41. The van der Waals surface area contributed by atoms with Gasteiger partial charge in [-0.2, -0.15) is 0 Å². The number of nitrogens with one attached hydrogen (secondary N) is 2. The molecule has 1 saturated heterocycles. The molecule has 6 aromatic carbocycles. The number of benzene rings is 6. The van der Waals surface area contributed by atoms with E-state index in [0.717, 1.165) is 19.8 Å². The number of rotatable bonds is 8. The normalized spacial score (nSPS) is 9.13. The summed E-state index contributed by atoms with van der Waals surface area (Å²) in [4.78, 5) is 0. The molecule has 0 spiro atoms. The van der Waals surface area contributed by atoms with Gasteiger partial charge in [-0.1, -0.05) is 273 Å². The fourth-order valence-corrected chi connectivity index (χ4v) is 3.57. The third kappa shape index (κ3) is 180. The van der Waals surface area contributed by atoms with Crippen LogP contribution in [0.1, 0.15) is 80.4 Å². The SMILES string of the molecule is CC.CC.CC.CC.CCOCC(O)CNC.CCOCC1CO1.CN.CN.CNC.COC.COC.COC.COC.Cc1ccccc1.Cc1ccccc1.[B].[B].c1ccccc1.c1ccccc1.c1ccccc1.c1ccccc1. The predicted octanol–water partition coefficient (Wildman–Crippen LogP) is 14.1. The second-order valence-electron chi connectivity index (χ2n) is 13.5. The molecule has 7 rings (SSSR count). The summed E-state index contributed by atoms with van der Waals surface area (Å²) >= 11 is 0. The highest BCUT2D eigenvalue weighted by molar-refractivity contribution is 5.76. The first kappa shape index (κ1) is 113. The molecule has 14 heteroatoms. The number of aryl methyl sites for hydroxylation is 2. The molecule has 0 aromatic heterocycles. The van der Waals surface area contributed by atoms with E-state index in [2.05, 4.69) is 79.2 Å². The Morgan fingerprint density at radius 3 is 0.711 bits per heavy atom. The van der Waals surface area contributed by atoms with Crippen LogP contribution in [0, 0.1) is 13.8 Å². The van der Waals surface area contributed by atoms with Gasteiger partial charge in [-0.15, -0.1) is 0 Å². The van der Waals surface area contributed by atoms with Gasteiger partial charge in [-0.05, 0) is 62.9 Å². The monoisotopic (exact) mass is 1170 g/mol. The van der Waals surface area contributed by atoms with Gasteiger partial charge in [0.1, 0.15) is 6.10 Å². The molecule has 6 aromatic rings. The van der Waals surface area contributed by atoms with Crippen LogP contribution in [0.15, 0.2) is 206 Å². The first-order valence-electron chi connectivity index (χ1n) is 28.1. The summed E-state index contributed by atoms with van der Waals surface area (Å²) < 4.78 is 31.9. The maximum Gasteiger partial charge on any atom is 0.104 e. The van der Waals surface area contributed by atoms with E-state index in [1.165, 1.54) is 25.2 Å². The van der Waals surface area contributed by atoms with E-state index in [-0.39, 0.29) is 22.9 Å². The van der Waals surface area contributed by atoms with Gasteiger partial charge in [0.25, 0.3) is 0 Å². The number of aliphatic hydroxyl groups excluding tert-OH is 1. The first-order valence-corrected chi connectivity index (χ1v) is 28.1. The zero-order chi connectivity index (χ0) is 65.0. The summed E-state index contributed by atoms with van der Waals surface area (Å²) in [6.07, 6.45) is 0.0647. The fraction of sp³-hybridized carbons (Fsp3) is 0.478. The predicted molar refractivity (Wildman–Crippen MR) is 375 cm³/mol. The Morgan fingerprint density at radius 1 is 0.422 bits per heavy atom. The topological polar surface area (TPSA) is 164 Å². The van der Waals surface area contributed by atoms with Crippen molar-refractivity contribution in [3.05, 3.63) is 217 Å². The Bertz CT molecular complexity index is 1310. The van der Waals surface area contributed by atoms with Crippen LogP contribution >= 0.6 is 0 Å². The molecule has 83 heavy (non-hydrogen) atoms. The lowest BCUT2D eigenvalue weighted by atomic mass is 10.2. The van der Waals surface area contributed by atoms with Crippen LogP contribution in [-0.2, 0) is 33.2 Å². The molecule has 1 aliphatic heterocycles. The Morgan fingerprint density at radius 2 is 0.590 bits per heavy atom. The zero-order valence-corrected chi connectivity index (χ0v) is 57.6. The van der Waals surface area contributed by atoms with Crippen LogP contribution in [0.2, 0.25) is 0 Å². The zero-order valence-electron chi connectivity index (χ0n) is 57.6. The molecule has 0 aliphatic carbocycles. The van der Waals surface area contributed by atoms with Gasteiger partial charge >= 0.3 is 0 Å². The molecule has 0 bridgehead atoms. The average Bonchev–Trinajstić information content (AvgIpc) is 4.38. The van der Waals surface area contributed by atoms with E-state index in [0.29, 0.717) is 25.9 Å². The van der Waals surface area contributed by atoms with Gasteiger partial charge in [0, 0.05) is 93.5 Å². The van der Waals surface area contributed by atoms with Gasteiger partial charge < -0.3 is 60.4 Å². The van der Waals surface area contributed by atoms with Crippen molar-refractivity contribution >= 4 is 16.8 Å². The van der Waals surface area contributed by atoms with Crippen LogP contribution in [0.4, 0.5) is 0 Å². The second kappa shape index (κ2) is 142. The summed E-state index contributed by atoms with van der Waals surface area (Å²) in [6, 6.07) is 68.5. The summed E-state index contributed by atoms with van der Waals surface area (Å²) in [5.41, 5.74) is 11.6. The van der Waals surface area contributed by atoms with Crippen LogP contribution in [0.25, 0.3) is 0 Å². The quantitative estimate of drug-likeness (QED) is 0.0725. The second-order valence-corrected chi connectivity index (χ2v) is 13.5. The number of aliphatic hydroxyl groups is 1. The van der Waals surface area contributed by atoms with Gasteiger partial charge in [-0.25, -0.2) is 0 Å². The smallest absolute Gasteiger partial charge is 0.104 e. The Balaban J connectivity index is -0.0000000515. The summed E-state index contributed by atoms with van der Waals surface area (Å²) in [7, 11) is 21.6. The first-order chi connectivity index (χ1) is 39.6. The lowest BCUT2D eigenvalue weighted by molar-refractivity contribution is 0.0439. The molecule has 12 nitrogen and oxygen atoms in total. The number of ether oxygens (including phenoxy) is 7. The molecular formula is C69H130B2N4O8. The minimum atomic E-state index is -0.366. The van der Waals surface area contributed by atoms with Crippen LogP contribution in [0.3, 0.4) is 0 Å². The minimum Gasteiger partial charge on any atom is -0.389 e. The highest BCUT2D eigenvalue weighted by Crippen LogP contribution is 2.07. The van der Waals surface area contributed by atoms with Gasteiger partial charge in [0.15, 0.2) is 0 Å². The van der Waals surface area contributed by atoms with Crippen LogP contribution < -0.4 is 22.1 Å². The van der Waals surface area contributed by atoms with Crippen molar-refractivity contribution in [3.8, 4) is 0 Å².